The maximum atomic E-state index is 11.4. The summed E-state index contributed by atoms with van der Waals surface area (Å²) in [5.41, 5.74) is 3.94. The number of morpholine rings is 1. The highest BCUT2D eigenvalue weighted by molar-refractivity contribution is 6.32. The van der Waals surface area contributed by atoms with Crippen LogP contribution in [0.15, 0.2) is 43.0 Å². The molecule has 1 aliphatic heterocycles. The fourth-order valence-electron chi connectivity index (χ4n) is 4.15. The Labute approximate surface area is 182 Å². The number of hydrogen-bond donors (Lipinski definition) is 2. The van der Waals surface area contributed by atoms with Crippen LogP contribution >= 0.6 is 11.6 Å². The Bertz CT molecular complexity index is 1280. The number of aliphatic hydroxyl groups excluding tert-OH is 1. The van der Waals surface area contributed by atoms with Gasteiger partial charge in [0.25, 0.3) is 0 Å². The van der Waals surface area contributed by atoms with Crippen LogP contribution in [0.3, 0.4) is 0 Å². The lowest BCUT2D eigenvalue weighted by atomic mass is 10.1. The van der Waals surface area contributed by atoms with Crippen LogP contribution in [0, 0.1) is 0 Å². The second kappa shape index (κ2) is 7.84. The third-order valence-electron chi connectivity index (χ3n) is 5.54. The number of aromatic nitrogens is 4. The molecule has 4 heterocycles. The van der Waals surface area contributed by atoms with Gasteiger partial charge in [-0.15, -0.1) is 0 Å². The van der Waals surface area contributed by atoms with E-state index in [2.05, 4.69) is 10.1 Å². The molecule has 0 aliphatic carbocycles. The number of carbonyl (C=O) groups is 1. The molecule has 0 saturated carbocycles. The van der Waals surface area contributed by atoms with Gasteiger partial charge in [-0.2, -0.15) is 5.10 Å². The van der Waals surface area contributed by atoms with Crippen LogP contribution in [0.25, 0.3) is 27.7 Å². The van der Waals surface area contributed by atoms with E-state index in [1.165, 1.54) is 11.2 Å². The third kappa shape index (κ3) is 3.60. The topological polar surface area (TPSA) is 105 Å². The maximum Gasteiger partial charge on any atom is 0.407 e. The van der Waals surface area contributed by atoms with Gasteiger partial charge in [-0.1, -0.05) is 11.6 Å². The largest absolute Gasteiger partial charge is 0.465 e. The van der Waals surface area contributed by atoms with Crippen LogP contribution in [0.2, 0.25) is 5.02 Å². The minimum Gasteiger partial charge on any atom is -0.465 e. The molecule has 1 unspecified atom stereocenters. The molecule has 1 saturated heterocycles. The van der Waals surface area contributed by atoms with Crippen molar-refractivity contribution in [3.63, 3.8) is 0 Å². The molecule has 1 amide bonds. The summed E-state index contributed by atoms with van der Waals surface area (Å²) in [4.78, 5) is 17.3. The van der Waals surface area contributed by atoms with Crippen molar-refractivity contribution in [1.29, 1.82) is 0 Å². The van der Waals surface area contributed by atoms with Gasteiger partial charge in [0.05, 0.1) is 49.1 Å². The Hall–Kier alpha value is -3.14. The fourth-order valence-corrected chi connectivity index (χ4v) is 4.37. The van der Waals surface area contributed by atoms with E-state index in [1.54, 1.807) is 10.7 Å². The summed E-state index contributed by atoms with van der Waals surface area (Å²) in [6, 6.07) is 7.57. The number of benzene rings is 1. The van der Waals surface area contributed by atoms with E-state index in [1.807, 2.05) is 35.0 Å². The fraction of sp³-hybridized carbons (Fsp3) is 0.286. The van der Waals surface area contributed by atoms with Gasteiger partial charge in [0.2, 0.25) is 0 Å². The monoisotopic (exact) mass is 441 g/mol. The second-order valence-corrected chi connectivity index (χ2v) is 7.96. The van der Waals surface area contributed by atoms with E-state index >= 15 is 0 Å². The van der Waals surface area contributed by atoms with Crippen molar-refractivity contribution >= 4 is 34.1 Å². The quantitative estimate of drug-likeness (QED) is 0.504. The minimum atomic E-state index is -0.936. The highest BCUT2D eigenvalue weighted by Crippen LogP contribution is 2.34. The summed E-state index contributed by atoms with van der Waals surface area (Å²) >= 11 is 6.42. The Morgan fingerprint density at radius 3 is 3.00 bits per heavy atom. The molecule has 0 radical (unpaired) electrons. The third-order valence-corrected chi connectivity index (χ3v) is 5.75. The van der Waals surface area contributed by atoms with Gasteiger partial charge in [0.1, 0.15) is 6.33 Å². The summed E-state index contributed by atoms with van der Waals surface area (Å²) in [5.74, 6) is 0. The Morgan fingerprint density at radius 1 is 1.32 bits per heavy atom. The first-order valence-corrected chi connectivity index (χ1v) is 10.2. The lowest BCUT2D eigenvalue weighted by Crippen LogP contribution is -2.46. The highest BCUT2D eigenvalue weighted by atomic mass is 35.5. The number of carboxylic acid groups (broad SMARTS) is 1. The average Bonchev–Trinajstić information content (AvgIpc) is 3.37. The van der Waals surface area contributed by atoms with E-state index in [4.69, 9.17) is 16.3 Å². The highest BCUT2D eigenvalue weighted by Gasteiger charge is 2.25. The van der Waals surface area contributed by atoms with E-state index in [0.29, 0.717) is 37.0 Å². The molecule has 1 fully saturated rings. The van der Waals surface area contributed by atoms with Crippen LogP contribution in [-0.4, -0.2) is 66.2 Å². The summed E-state index contributed by atoms with van der Waals surface area (Å²) in [7, 11) is 0. The van der Waals surface area contributed by atoms with Gasteiger partial charge < -0.3 is 24.4 Å². The Kier molecular flexibility index (Phi) is 5.01. The molecule has 2 N–H and O–H groups in total. The van der Waals surface area contributed by atoms with Crippen LogP contribution in [0.5, 0.6) is 0 Å². The molecule has 0 spiro atoms. The van der Waals surface area contributed by atoms with Crippen LogP contribution in [0.1, 0.15) is 5.56 Å². The van der Waals surface area contributed by atoms with Crippen molar-refractivity contribution in [2.24, 2.45) is 0 Å². The standard InChI is InChI=1S/C21H20ClN5O4/c22-15-6-14-1-2-25(9-16-10-26(21(29)30)3-4-31-16)20(14)17(7-15)19-18-5-13(11-28)8-27(18)24-12-23-19/h1-2,5-8,12,16,28H,3-4,9-11H2,(H,29,30). The van der Waals surface area contributed by atoms with E-state index in [9.17, 15) is 15.0 Å². The van der Waals surface area contributed by atoms with Gasteiger partial charge in [-0.25, -0.2) is 14.3 Å². The average molecular weight is 442 g/mol. The molecular formula is C21H20ClN5O4. The lowest BCUT2D eigenvalue weighted by molar-refractivity contribution is -0.0287. The number of nitrogens with zero attached hydrogens (tertiary/aromatic N) is 5. The van der Waals surface area contributed by atoms with Crippen molar-refractivity contribution in [1.82, 2.24) is 24.1 Å². The first-order chi connectivity index (χ1) is 15.0. The Morgan fingerprint density at radius 2 is 2.19 bits per heavy atom. The summed E-state index contributed by atoms with van der Waals surface area (Å²) in [6.07, 6.45) is 3.98. The predicted molar refractivity (Wildman–Crippen MR) is 114 cm³/mol. The molecule has 160 valence electrons. The SMILES string of the molecule is O=C(O)N1CCOC(Cn2ccc3cc(Cl)cc(-c4ncnn5cc(CO)cc45)c32)C1. The molecule has 1 aromatic carbocycles. The van der Waals surface area contributed by atoms with Crippen molar-refractivity contribution in [2.45, 2.75) is 19.3 Å². The van der Waals surface area contributed by atoms with Crippen molar-refractivity contribution in [3.05, 3.63) is 53.6 Å². The van der Waals surface area contributed by atoms with Crippen LogP contribution in [-0.2, 0) is 17.9 Å². The van der Waals surface area contributed by atoms with Crippen molar-refractivity contribution in [2.75, 3.05) is 19.7 Å². The zero-order valence-electron chi connectivity index (χ0n) is 16.5. The van der Waals surface area contributed by atoms with Gasteiger partial charge in [-0.3, -0.25) is 0 Å². The number of hydrogen-bond acceptors (Lipinski definition) is 5. The molecule has 1 atom stereocenters. The molecular weight excluding hydrogens is 422 g/mol. The first-order valence-electron chi connectivity index (χ1n) is 9.85. The molecule has 10 heteroatoms. The van der Waals surface area contributed by atoms with Gasteiger partial charge in [0.15, 0.2) is 0 Å². The molecule has 0 bridgehead atoms. The second-order valence-electron chi connectivity index (χ2n) is 7.53. The molecule has 31 heavy (non-hydrogen) atoms. The van der Waals surface area contributed by atoms with Crippen LogP contribution in [0.4, 0.5) is 4.79 Å². The van der Waals surface area contributed by atoms with Crippen LogP contribution < -0.4 is 0 Å². The number of fused-ring (bicyclic) bond motifs is 2. The molecule has 1 aliphatic rings. The number of amides is 1. The number of ether oxygens (including phenoxy) is 1. The Balaban J connectivity index is 1.61. The molecule has 4 aromatic rings. The number of rotatable bonds is 4. The number of aliphatic hydroxyl groups is 1. The van der Waals surface area contributed by atoms with E-state index in [-0.39, 0.29) is 12.7 Å². The molecule has 3 aromatic heterocycles. The van der Waals surface area contributed by atoms with E-state index < -0.39 is 6.09 Å². The van der Waals surface area contributed by atoms with Crippen molar-refractivity contribution in [3.8, 4) is 11.3 Å². The number of halogens is 1. The van der Waals surface area contributed by atoms with Gasteiger partial charge >= 0.3 is 6.09 Å². The summed E-state index contributed by atoms with van der Waals surface area (Å²) in [6.45, 7) is 1.46. The summed E-state index contributed by atoms with van der Waals surface area (Å²) < 4.78 is 9.56. The zero-order chi connectivity index (χ0) is 21.5. The minimum absolute atomic E-state index is 0.0940. The molecule has 9 nitrogen and oxygen atoms in total. The smallest absolute Gasteiger partial charge is 0.407 e. The lowest BCUT2D eigenvalue weighted by Gasteiger charge is -2.31. The van der Waals surface area contributed by atoms with Gasteiger partial charge in [-0.05, 0) is 29.8 Å². The maximum absolute atomic E-state index is 11.4. The first kappa shape index (κ1) is 19.8. The zero-order valence-corrected chi connectivity index (χ0v) is 17.2. The van der Waals surface area contributed by atoms with E-state index in [0.717, 1.165) is 27.5 Å². The normalized spacial score (nSPS) is 17.0. The summed E-state index contributed by atoms with van der Waals surface area (Å²) in [5, 5.41) is 24.6. The molecule has 5 rings (SSSR count). The predicted octanol–water partition coefficient (Wildman–Crippen LogP) is 2.88. The van der Waals surface area contributed by atoms with Gasteiger partial charge in [0, 0.05) is 34.9 Å². The van der Waals surface area contributed by atoms with Crippen molar-refractivity contribution < 1.29 is 19.7 Å².